The Morgan fingerprint density at radius 3 is 2.75 bits per heavy atom. The van der Waals surface area contributed by atoms with Crippen LogP contribution in [0.4, 0.5) is 0 Å². The van der Waals surface area contributed by atoms with Gasteiger partial charge in [0.15, 0.2) is 11.4 Å². The van der Waals surface area contributed by atoms with Crippen molar-refractivity contribution in [1.82, 2.24) is 4.98 Å². The highest BCUT2D eigenvalue weighted by atomic mass is 32.2. The molecule has 1 saturated carbocycles. The van der Waals surface area contributed by atoms with E-state index in [-0.39, 0.29) is 22.4 Å². The third-order valence-electron chi connectivity index (χ3n) is 2.09. The van der Waals surface area contributed by atoms with Crippen LogP contribution in [0.3, 0.4) is 0 Å². The summed E-state index contributed by atoms with van der Waals surface area (Å²) < 4.78 is 27.9. The zero-order valence-corrected chi connectivity index (χ0v) is 9.07. The molecule has 1 aromatic heterocycles. The molecule has 6 nitrogen and oxygen atoms in total. The molecule has 2 rings (SSSR count). The van der Waals surface area contributed by atoms with E-state index in [9.17, 15) is 8.42 Å². The first kappa shape index (κ1) is 10.9. The summed E-state index contributed by atoms with van der Waals surface area (Å²) in [6, 6.07) is 3.02. The molecule has 0 radical (unpaired) electrons. The van der Waals surface area contributed by atoms with Crippen molar-refractivity contribution in [2.24, 2.45) is 5.14 Å². The number of hydrogen-bond donors (Lipinski definition) is 1. The van der Waals surface area contributed by atoms with Gasteiger partial charge in [-0.25, -0.2) is 18.5 Å². The number of hydrogen-bond acceptors (Lipinski definition) is 5. The van der Waals surface area contributed by atoms with Gasteiger partial charge in [0.2, 0.25) is 10.0 Å². The summed E-state index contributed by atoms with van der Waals surface area (Å²) in [5, 5.41) is 13.8. The van der Waals surface area contributed by atoms with Crippen molar-refractivity contribution in [3.8, 4) is 11.8 Å². The second-order valence-electron chi connectivity index (χ2n) is 3.46. The van der Waals surface area contributed by atoms with Crippen LogP contribution in [0.25, 0.3) is 0 Å². The van der Waals surface area contributed by atoms with Gasteiger partial charge in [-0.1, -0.05) is 0 Å². The number of sulfonamides is 1. The number of nitrogens with two attached hydrogens (primary N) is 1. The van der Waals surface area contributed by atoms with Crippen molar-refractivity contribution in [1.29, 1.82) is 5.26 Å². The standard InChI is InChI=1S/C9H9N3O3S/c10-5-7-9(15-6-1-2-6)8(3-4-12-7)16(11,13)14/h3-4,6H,1-2H2,(H2,11,13,14). The van der Waals surface area contributed by atoms with Gasteiger partial charge in [0.1, 0.15) is 11.0 Å². The smallest absolute Gasteiger partial charge is 0.241 e. The Hall–Kier alpha value is -1.65. The van der Waals surface area contributed by atoms with Crippen LogP contribution in [0.15, 0.2) is 17.2 Å². The average Bonchev–Trinajstić information content (AvgIpc) is 3.00. The summed E-state index contributed by atoms with van der Waals surface area (Å²) in [6.07, 6.45) is 2.89. The number of primary sulfonamides is 1. The molecule has 0 unspecified atom stereocenters. The van der Waals surface area contributed by atoms with Crippen LogP contribution in [0.5, 0.6) is 5.75 Å². The molecule has 0 aromatic carbocycles. The Morgan fingerprint density at radius 2 is 2.25 bits per heavy atom. The molecule has 0 saturated heterocycles. The number of nitriles is 1. The summed E-state index contributed by atoms with van der Waals surface area (Å²) >= 11 is 0. The number of ether oxygens (including phenoxy) is 1. The van der Waals surface area contributed by atoms with Gasteiger partial charge >= 0.3 is 0 Å². The van der Waals surface area contributed by atoms with Crippen molar-refractivity contribution in [2.45, 2.75) is 23.8 Å². The first-order valence-electron chi connectivity index (χ1n) is 4.61. The molecule has 0 amide bonds. The van der Waals surface area contributed by atoms with Crippen LogP contribution in [-0.4, -0.2) is 19.5 Å². The minimum Gasteiger partial charge on any atom is -0.486 e. The summed E-state index contributed by atoms with van der Waals surface area (Å²) in [5.74, 6) is -0.0324. The van der Waals surface area contributed by atoms with Gasteiger partial charge in [-0.3, -0.25) is 0 Å². The van der Waals surface area contributed by atoms with Gasteiger partial charge in [-0.2, -0.15) is 5.26 Å². The third kappa shape index (κ3) is 2.13. The molecule has 1 aliphatic carbocycles. The number of pyridine rings is 1. The van der Waals surface area contributed by atoms with Crippen LogP contribution in [-0.2, 0) is 10.0 Å². The lowest BCUT2D eigenvalue weighted by Gasteiger charge is -2.09. The number of rotatable bonds is 3. The van der Waals surface area contributed by atoms with Crippen molar-refractivity contribution >= 4 is 10.0 Å². The minimum absolute atomic E-state index is 0.0307. The van der Waals surface area contributed by atoms with E-state index < -0.39 is 10.0 Å². The van der Waals surface area contributed by atoms with Gasteiger partial charge in [0, 0.05) is 6.20 Å². The van der Waals surface area contributed by atoms with Crippen LogP contribution in [0.2, 0.25) is 0 Å². The van der Waals surface area contributed by atoms with Gasteiger partial charge < -0.3 is 4.74 Å². The fourth-order valence-corrected chi connectivity index (χ4v) is 1.85. The normalized spacial score (nSPS) is 15.5. The highest BCUT2D eigenvalue weighted by Gasteiger charge is 2.28. The molecule has 84 valence electrons. The highest BCUT2D eigenvalue weighted by Crippen LogP contribution is 2.32. The molecule has 0 atom stereocenters. The van der Waals surface area contributed by atoms with E-state index in [1.165, 1.54) is 12.3 Å². The van der Waals surface area contributed by atoms with Gasteiger partial charge in [-0.15, -0.1) is 0 Å². The van der Waals surface area contributed by atoms with E-state index in [1.807, 2.05) is 0 Å². The van der Waals surface area contributed by atoms with E-state index in [0.717, 1.165) is 12.8 Å². The molecule has 0 bridgehead atoms. The van der Waals surface area contributed by atoms with E-state index in [0.29, 0.717) is 0 Å². The maximum atomic E-state index is 11.3. The van der Waals surface area contributed by atoms with Crippen molar-refractivity contribution in [2.75, 3.05) is 0 Å². The summed E-state index contributed by atoms with van der Waals surface area (Å²) in [4.78, 5) is 3.56. The molecule has 1 heterocycles. The minimum atomic E-state index is -3.90. The van der Waals surface area contributed by atoms with Gasteiger partial charge in [-0.05, 0) is 18.9 Å². The van der Waals surface area contributed by atoms with Gasteiger partial charge in [0.05, 0.1) is 6.10 Å². The Bertz CT molecular complexity index is 558. The van der Waals surface area contributed by atoms with E-state index in [2.05, 4.69) is 4.98 Å². The monoisotopic (exact) mass is 239 g/mol. The quantitative estimate of drug-likeness (QED) is 0.807. The van der Waals surface area contributed by atoms with Crippen LogP contribution >= 0.6 is 0 Å². The Kier molecular flexibility index (Phi) is 2.53. The first-order valence-corrected chi connectivity index (χ1v) is 6.15. The zero-order valence-electron chi connectivity index (χ0n) is 8.25. The number of nitrogens with zero attached hydrogens (tertiary/aromatic N) is 2. The lowest BCUT2D eigenvalue weighted by molar-refractivity contribution is 0.292. The highest BCUT2D eigenvalue weighted by molar-refractivity contribution is 7.89. The van der Waals surface area contributed by atoms with Crippen LogP contribution < -0.4 is 9.88 Å². The Labute approximate surface area is 92.7 Å². The molecule has 1 aromatic rings. The molecule has 1 aliphatic rings. The Balaban J connectivity index is 2.55. The van der Waals surface area contributed by atoms with E-state index in [4.69, 9.17) is 15.1 Å². The lowest BCUT2D eigenvalue weighted by Crippen LogP contribution is -2.15. The predicted octanol–water partition coefficient (Wildman–Crippen LogP) is 0.142. The fraction of sp³-hybridized carbons (Fsp3) is 0.333. The topological polar surface area (TPSA) is 106 Å². The summed E-state index contributed by atoms with van der Waals surface area (Å²) in [6.45, 7) is 0. The summed E-state index contributed by atoms with van der Waals surface area (Å²) in [5.41, 5.74) is -0.0570. The van der Waals surface area contributed by atoms with E-state index >= 15 is 0 Å². The first-order chi connectivity index (χ1) is 7.52. The predicted molar refractivity (Wildman–Crippen MR) is 54.0 cm³/mol. The van der Waals surface area contributed by atoms with Crippen LogP contribution in [0, 0.1) is 11.3 Å². The maximum Gasteiger partial charge on any atom is 0.241 e. The average molecular weight is 239 g/mol. The molecule has 2 N–H and O–H groups in total. The van der Waals surface area contributed by atoms with Gasteiger partial charge in [0.25, 0.3) is 0 Å². The molecular formula is C9H9N3O3S. The molecule has 0 spiro atoms. The SMILES string of the molecule is N#Cc1nccc(S(N)(=O)=O)c1OC1CC1. The largest absolute Gasteiger partial charge is 0.486 e. The molecule has 16 heavy (non-hydrogen) atoms. The Morgan fingerprint density at radius 1 is 1.56 bits per heavy atom. The van der Waals surface area contributed by atoms with Crippen LogP contribution in [0.1, 0.15) is 18.5 Å². The number of aromatic nitrogens is 1. The molecule has 7 heteroatoms. The second-order valence-corrected chi connectivity index (χ2v) is 4.99. The molecule has 1 fully saturated rings. The molecule has 0 aliphatic heterocycles. The maximum absolute atomic E-state index is 11.3. The fourth-order valence-electron chi connectivity index (χ4n) is 1.20. The molecular weight excluding hydrogens is 230 g/mol. The second kappa shape index (κ2) is 3.73. The van der Waals surface area contributed by atoms with Crippen molar-refractivity contribution < 1.29 is 13.2 Å². The lowest BCUT2D eigenvalue weighted by atomic mass is 10.3. The zero-order chi connectivity index (χ0) is 11.8. The summed E-state index contributed by atoms with van der Waals surface area (Å²) in [7, 11) is -3.90. The third-order valence-corrected chi connectivity index (χ3v) is 3.02. The van der Waals surface area contributed by atoms with Crippen molar-refractivity contribution in [3.05, 3.63) is 18.0 Å². The van der Waals surface area contributed by atoms with Crippen molar-refractivity contribution in [3.63, 3.8) is 0 Å². The van der Waals surface area contributed by atoms with E-state index in [1.54, 1.807) is 6.07 Å².